The first kappa shape index (κ1) is 37.1. The number of nitrogens with one attached hydrogen (secondary N) is 2. The second kappa shape index (κ2) is 17.0. The third kappa shape index (κ3) is 9.35. The van der Waals surface area contributed by atoms with Crippen molar-refractivity contribution in [3.63, 3.8) is 0 Å². The lowest BCUT2D eigenvalue weighted by Crippen LogP contribution is -2.29. The van der Waals surface area contributed by atoms with E-state index in [1.807, 2.05) is 77.3 Å². The van der Waals surface area contributed by atoms with Crippen LogP contribution in [0.3, 0.4) is 0 Å². The van der Waals surface area contributed by atoms with Crippen LogP contribution in [0.2, 0.25) is 10.0 Å². The number of nitrogens with zero attached hydrogens (tertiary/aromatic N) is 2. The van der Waals surface area contributed by atoms with Crippen LogP contribution >= 0.6 is 23.2 Å². The van der Waals surface area contributed by atoms with Gasteiger partial charge in [0.2, 0.25) is 0 Å². The van der Waals surface area contributed by atoms with Gasteiger partial charge < -0.3 is 20.3 Å². The summed E-state index contributed by atoms with van der Waals surface area (Å²) in [7, 11) is 4.03. The van der Waals surface area contributed by atoms with Gasteiger partial charge in [0, 0.05) is 34.5 Å². The van der Waals surface area contributed by atoms with Crippen LogP contribution in [-0.4, -0.2) is 61.3 Å². The first-order valence-corrected chi connectivity index (χ1v) is 15.7. The number of imide groups is 1. The van der Waals surface area contributed by atoms with Crippen molar-refractivity contribution in [3.8, 4) is 5.75 Å². The van der Waals surface area contributed by atoms with Crippen LogP contribution < -0.4 is 15.4 Å². The van der Waals surface area contributed by atoms with E-state index in [1.165, 1.54) is 4.90 Å². The Bertz CT molecular complexity index is 1740. The summed E-state index contributed by atoms with van der Waals surface area (Å²) in [6, 6.07) is 23.5. The number of amides is 3. The predicted molar refractivity (Wildman–Crippen MR) is 192 cm³/mol. The summed E-state index contributed by atoms with van der Waals surface area (Å²) in [5.41, 5.74) is 5.64. The van der Waals surface area contributed by atoms with Gasteiger partial charge in [-0.25, -0.2) is 0 Å². The summed E-state index contributed by atoms with van der Waals surface area (Å²) in [5, 5.41) is 7.58. The number of rotatable bonds is 10. The van der Waals surface area contributed by atoms with Crippen molar-refractivity contribution in [2.45, 2.75) is 34.7 Å². The largest absolute Gasteiger partial charge is 0.493 e. The number of hydrogen-bond acceptors (Lipinski definition) is 6. The van der Waals surface area contributed by atoms with Gasteiger partial charge in [-0.15, -0.1) is 0 Å². The molecule has 0 radical (unpaired) electrons. The Morgan fingerprint density at radius 1 is 0.872 bits per heavy atom. The molecule has 0 saturated heterocycles. The Labute approximate surface area is 287 Å². The third-order valence-corrected chi connectivity index (χ3v) is 8.13. The van der Waals surface area contributed by atoms with Crippen LogP contribution in [0.5, 0.6) is 5.75 Å². The van der Waals surface area contributed by atoms with Crippen LogP contribution in [0.25, 0.3) is 0 Å². The van der Waals surface area contributed by atoms with Crippen molar-refractivity contribution in [2.24, 2.45) is 0 Å². The minimum Gasteiger partial charge on any atom is -0.493 e. The fourth-order valence-corrected chi connectivity index (χ4v) is 5.12. The first-order valence-electron chi connectivity index (χ1n) is 14.9. The Hall–Kier alpha value is -4.37. The number of aryl methyl sites for hydroxylation is 2. The highest BCUT2D eigenvalue weighted by molar-refractivity contribution is 6.31. The Morgan fingerprint density at radius 3 is 2.21 bits per heavy atom. The Balaban J connectivity index is 0.000000250. The molecular formula is C37H42Cl2N4O4. The zero-order chi connectivity index (χ0) is 33.4. The highest BCUT2D eigenvalue weighted by atomic mass is 35.5. The molecule has 5 rings (SSSR count). The molecule has 3 amide bonds. The molecule has 8 nitrogen and oxygen atoms in total. The van der Waals surface area contributed by atoms with Crippen LogP contribution in [0, 0.1) is 13.8 Å². The highest BCUT2D eigenvalue weighted by Gasteiger charge is 2.38. The molecule has 1 heterocycles. The van der Waals surface area contributed by atoms with Gasteiger partial charge in [0.05, 0.1) is 29.8 Å². The van der Waals surface area contributed by atoms with E-state index >= 15 is 0 Å². The highest BCUT2D eigenvalue weighted by Crippen LogP contribution is 2.32. The second-order valence-electron chi connectivity index (χ2n) is 11.1. The van der Waals surface area contributed by atoms with Crippen molar-refractivity contribution in [3.05, 3.63) is 122 Å². The van der Waals surface area contributed by atoms with Crippen molar-refractivity contribution in [1.82, 2.24) is 9.80 Å². The number of halogens is 2. The summed E-state index contributed by atoms with van der Waals surface area (Å²) >= 11 is 12.0. The molecule has 0 atom stereocenters. The quantitative estimate of drug-likeness (QED) is 0.164. The number of ether oxygens (including phenoxy) is 1. The Kier molecular flexibility index (Phi) is 13.4. The standard InChI is InChI=1S/C18H22ClN3O.C18H16ClNO3.CH4/c1-13-12-14(8-9-16(13)19)21-18(23)15-6-4-5-7-17(15)20-10-11-22(2)3;1-3-23-15-6-4-5-13-16(15)18(22)20(17(13)21)10-12-7-8-14(19)11(2)9-12;/h4-9,12,20H,10-11H2,1-3H3,(H,21,23);4-9H,3,10H2,1-2H3;1H4. The molecule has 0 fully saturated rings. The monoisotopic (exact) mass is 676 g/mol. The molecule has 4 aromatic carbocycles. The van der Waals surface area contributed by atoms with E-state index in [4.69, 9.17) is 27.9 Å². The normalized spacial score (nSPS) is 11.8. The lowest BCUT2D eigenvalue weighted by molar-refractivity contribution is 0.0641. The van der Waals surface area contributed by atoms with Crippen LogP contribution in [0.15, 0.2) is 78.9 Å². The van der Waals surface area contributed by atoms with E-state index in [0.29, 0.717) is 39.1 Å². The molecule has 0 aliphatic carbocycles. The second-order valence-corrected chi connectivity index (χ2v) is 11.9. The summed E-state index contributed by atoms with van der Waals surface area (Å²) in [4.78, 5) is 41.1. The maximum Gasteiger partial charge on any atom is 0.265 e. The van der Waals surface area contributed by atoms with Gasteiger partial charge in [-0.3, -0.25) is 19.3 Å². The van der Waals surface area contributed by atoms with E-state index in [-0.39, 0.29) is 31.7 Å². The smallest absolute Gasteiger partial charge is 0.265 e. The third-order valence-electron chi connectivity index (χ3n) is 7.29. The number of carbonyl (C=O) groups excluding carboxylic acids is 3. The number of anilines is 2. The lowest BCUT2D eigenvalue weighted by Gasteiger charge is -2.14. The fraction of sp³-hybridized carbons (Fsp3) is 0.270. The zero-order valence-corrected chi connectivity index (χ0v) is 28.1. The molecule has 10 heteroatoms. The maximum absolute atomic E-state index is 12.7. The predicted octanol–water partition coefficient (Wildman–Crippen LogP) is 8.35. The van der Waals surface area contributed by atoms with Crippen molar-refractivity contribution in [2.75, 3.05) is 44.4 Å². The molecule has 2 N–H and O–H groups in total. The van der Waals surface area contributed by atoms with Gasteiger partial charge >= 0.3 is 0 Å². The molecule has 1 aliphatic rings. The average Bonchev–Trinajstić information content (AvgIpc) is 3.26. The van der Waals surface area contributed by atoms with Gasteiger partial charge in [-0.1, -0.05) is 61.0 Å². The van der Waals surface area contributed by atoms with E-state index < -0.39 is 0 Å². The average molecular weight is 678 g/mol. The van der Waals surface area contributed by atoms with Gasteiger partial charge in [-0.05, 0) is 100 Å². The van der Waals surface area contributed by atoms with Gasteiger partial charge in [-0.2, -0.15) is 0 Å². The zero-order valence-electron chi connectivity index (χ0n) is 26.6. The molecule has 47 heavy (non-hydrogen) atoms. The number of carbonyl (C=O) groups is 3. The minimum absolute atomic E-state index is 0. The number of para-hydroxylation sites is 1. The maximum atomic E-state index is 12.7. The van der Waals surface area contributed by atoms with E-state index in [2.05, 4.69) is 15.5 Å². The molecular weight excluding hydrogens is 635 g/mol. The molecule has 4 aromatic rings. The first-order chi connectivity index (χ1) is 22.0. The van der Waals surface area contributed by atoms with Crippen molar-refractivity contribution >= 4 is 52.3 Å². The minimum atomic E-state index is -0.318. The fourth-order valence-electron chi connectivity index (χ4n) is 4.88. The van der Waals surface area contributed by atoms with Crippen LogP contribution in [0.4, 0.5) is 11.4 Å². The summed E-state index contributed by atoms with van der Waals surface area (Å²) in [6.45, 7) is 7.97. The number of benzene rings is 4. The lowest BCUT2D eigenvalue weighted by atomic mass is 10.1. The summed E-state index contributed by atoms with van der Waals surface area (Å²) in [6.07, 6.45) is 0. The molecule has 1 aliphatic heterocycles. The van der Waals surface area contributed by atoms with E-state index in [9.17, 15) is 14.4 Å². The summed E-state index contributed by atoms with van der Waals surface area (Å²) in [5.74, 6) is -0.293. The van der Waals surface area contributed by atoms with Gasteiger partial charge in [0.25, 0.3) is 17.7 Å². The molecule has 0 unspecified atom stereocenters. The molecule has 0 saturated carbocycles. The van der Waals surface area contributed by atoms with Crippen LogP contribution in [-0.2, 0) is 6.54 Å². The number of fused-ring (bicyclic) bond motifs is 1. The van der Waals surface area contributed by atoms with E-state index in [1.54, 1.807) is 36.4 Å². The van der Waals surface area contributed by atoms with Gasteiger partial charge in [0.15, 0.2) is 0 Å². The number of likely N-dealkylation sites (N-methyl/N-ethyl adjacent to an activating group) is 1. The SMILES string of the molecule is C.CCOc1cccc2c1C(=O)N(Cc1ccc(Cl)c(C)c1)C2=O.Cc1cc(NC(=O)c2ccccc2NCCN(C)C)ccc1Cl. The number of hydrogen-bond donors (Lipinski definition) is 2. The molecule has 0 spiro atoms. The van der Waals surface area contributed by atoms with Gasteiger partial charge in [0.1, 0.15) is 5.75 Å². The topological polar surface area (TPSA) is 91.0 Å². The van der Waals surface area contributed by atoms with Crippen molar-refractivity contribution in [1.29, 1.82) is 0 Å². The van der Waals surface area contributed by atoms with E-state index in [0.717, 1.165) is 41.2 Å². The molecule has 248 valence electrons. The Morgan fingerprint density at radius 2 is 1.55 bits per heavy atom. The van der Waals surface area contributed by atoms with Crippen LogP contribution in [0.1, 0.15) is 62.1 Å². The molecule has 0 aromatic heterocycles. The molecule has 0 bridgehead atoms. The van der Waals surface area contributed by atoms with Crippen molar-refractivity contribution < 1.29 is 19.1 Å². The summed E-state index contributed by atoms with van der Waals surface area (Å²) < 4.78 is 5.48.